The number of nitrogens with two attached hydrogens (primary N) is 1. The predicted octanol–water partition coefficient (Wildman–Crippen LogP) is 0.332. The molecule has 8 heteroatoms. The highest BCUT2D eigenvalue weighted by atomic mass is 35.5. The number of nitrogens with one attached hydrogen (secondary N) is 1. The first-order valence-electron chi connectivity index (χ1n) is 4.23. The van der Waals surface area contributed by atoms with Crippen molar-refractivity contribution >= 4 is 27.3 Å². The van der Waals surface area contributed by atoms with E-state index in [4.69, 9.17) is 22.4 Å². The van der Waals surface area contributed by atoms with Gasteiger partial charge in [0.25, 0.3) is 0 Å². The van der Waals surface area contributed by atoms with Crippen molar-refractivity contribution in [1.82, 2.24) is 4.72 Å². The van der Waals surface area contributed by atoms with Gasteiger partial charge >= 0.3 is 0 Å². The molecule has 0 heterocycles. The van der Waals surface area contributed by atoms with Gasteiger partial charge in [-0.3, -0.25) is 0 Å². The van der Waals surface area contributed by atoms with E-state index in [1.54, 1.807) is 0 Å². The summed E-state index contributed by atoms with van der Waals surface area (Å²) in [7, 11) is -3.88. The molecule has 0 unspecified atom stereocenters. The predicted molar refractivity (Wildman–Crippen MR) is 58.1 cm³/mol. The van der Waals surface area contributed by atoms with E-state index in [1.807, 2.05) is 0 Å². The molecule has 0 atom stereocenters. The summed E-state index contributed by atoms with van der Waals surface area (Å²) in [4.78, 5) is -0.318. The Morgan fingerprint density at radius 1 is 1.50 bits per heavy atom. The largest absolute Gasteiger partial charge is 0.396 e. The first-order chi connectivity index (χ1) is 7.38. The van der Waals surface area contributed by atoms with Gasteiger partial charge < -0.3 is 10.8 Å². The first-order valence-corrected chi connectivity index (χ1v) is 6.09. The van der Waals surface area contributed by atoms with Crippen LogP contribution in [0.2, 0.25) is 5.02 Å². The molecule has 0 aliphatic heterocycles. The fourth-order valence-electron chi connectivity index (χ4n) is 1.01. The van der Waals surface area contributed by atoms with Crippen molar-refractivity contribution in [2.75, 3.05) is 18.9 Å². The van der Waals surface area contributed by atoms with E-state index >= 15 is 0 Å². The lowest BCUT2D eigenvalue weighted by atomic mass is 10.3. The summed E-state index contributed by atoms with van der Waals surface area (Å²) in [6, 6.07) is 1.75. The summed E-state index contributed by atoms with van der Waals surface area (Å²) in [5, 5.41) is 8.23. The van der Waals surface area contributed by atoms with Gasteiger partial charge in [-0.1, -0.05) is 11.6 Å². The maximum atomic E-state index is 12.9. The topological polar surface area (TPSA) is 92.4 Å². The Morgan fingerprint density at radius 2 is 2.12 bits per heavy atom. The number of benzene rings is 1. The number of halogens is 2. The molecule has 0 saturated heterocycles. The molecule has 0 aliphatic carbocycles. The molecule has 16 heavy (non-hydrogen) atoms. The van der Waals surface area contributed by atoms with E-state index in [0.717, 1.165) is 12.1 Å². The van der Waals surface area contributed by atoms with E-state index < -0.39 is 15.8 Å². The molecule has 5 nitrogen and oxygen atoms in total. The molecule has 0 radical (unpaired) electrons. The third-order valence-electron chi connectivity index (χ3n) is 1.74. The molecule has 0 saturated carbocycles. The minimum Gasteiger partial charge on any atom is -0.396 e. The second kappa shape index (κ2) is 4.96. The highest BCUT2D eigenvalue weighted by Crippen LogP contribution is 2.25. The third-order valence-corrected chi connectivity index (χ3v) is 3.67. The Kier molecular flexibility index (Phi) is 4.09. The maximum absolute atomic E-state index is 12.9. The van der Waals surface area contributed by atoms with Crippen molar-refractivity contribution in [3.8, 4) is 0 Å². The van der Waals surface area contributed by atoms with Crippen LogP contribution in [0.3, 0.4) is 0 Å². The van der Waals surface area contributed by atoms with Crippen LogP contribution in [0.4, 0.5) is 10.1 Å². The Morgan fingerprint density at radius 3 is 2.69 bits per heavy atom. The highest BCUT2D eigenvalue weighted by Gasteiger charge is 2.19. The van der Waals surface area contributed by atoms with Crippen molar-refractivity contribution in [1.29, 1.82) is 0 Å². The molecule has 0 aromatic heterocycles. The standard InChI is InChI=1S/C8H10ClFN2O3S/c9-5-3-6(10)7(11)4-8(5)16(14,15)12-1-2-13/h3-4,12-13H,1-2,11H2. The average Bonchev–Trinajstić information content (AvgIpc) is 2.20. The quantitative estimate of drug-likeness (QED) is 0.686. The fourth-order valence-corrected chi connectivity index (χ4v) is 2.58. The SMILES string of the molecule is Nc1cc(S(=O)(=O)NCCO)c(Cl)cc1F. The molecule has 0 spiro atoms. The zero-order chi connectivity index (χ0) is 12.3. The van der Waals surface area contributed by atoms with Crippen LogP contribution in [-0.2, 0) is 10.0 Å². The summed E-state index contributed by atoms with van der Waals surface area (Å²) < 4.78 is 38.2. The second-order valence-electron chi connectivity index (χ2n) is 2.93. The van der Waals surface area contributed by atoms with Gasteiger partial charge in [-0.25, -0.2) is 17.5 Å². The maximum Gasteiger partial charge on any atom is 0.242 e. The number of aliphatic hydroxyl groups is 1. The Bertz CT molecular complexity index is 492. The molecule has 0 bridgehead atoms. The lowest BCUT2D eigenvalue weighted by Gasteiger charge is -2.08. The van der Waals surface area contributed by atoms with Crippen LogP contribution in [0.15, 0.2) is 17.0 Å². The molecule has 1 rings (SSSR count). The van der Waals surface area contributed by atoms with E-state index in [1.165, 1.54) is 0 Å². The Labute approximate surface area is 97.1 Å². The first kappa shape index (κ1) is 13.2. The molecule has 1 aromatic rings. The number of sulfonamides is 1. The lowest BCUT2D eigenvalue weighted by molar-refractivity contribution is 0.301. The van der Waals surface area contributed by atoms with E-state index in [-0.39, 0.29) is 28.8 Å². The second-order valence-corrected chi connectivity index (χ2v) is 5.07. The number of nitrogen functional groups attached to an aromatic ring is 1. The van der Waals surface area contributed by atoms with E-state index in [0.29, 0.717) is 0 Å². The Hall–Kier alpha value is -0.890. The van der Waals surface area contributed by atoms with Crippen LogP contribution in [0.25, 0.3) is 0 Å². The van der Waals surface area contributed by atoms with Gasteiger partial charge in [0, 0.05) is 6.54 Å². The van der Waals surface area contributed by atoms with Crippen LogP contribution in [0.5, 0.6) is 0 Å². The summed E-state index contributed by atoms with van der Waals surface area (Å²) in [5.74, 6) is -0.786. The summed E-state index contributed by atoms with van der Waals surface area (Å²) >= 11 is 5.59. The lowest BCUT2D eigenvalue weighted by Crippen LogP contribution is -2.27. The zero-order valence-corrected chi connectivity index (χ0v) is 9.65. The molecular formula is C8H10ClFN2O3S. The van der Waals surface area contributed by atoms with Crippen LogP contribution in [0, 0.1) is 5.82 Å². The van der Waals surface area contributed by atoms with Crippen molar-refractivity contribution in [3.63, 3.8) is 0 Å². The van der Waals surface area contributed by atoms with Crippen molar-refractivity contribution in [2.24, 2.45) is 0 Å². The Balaban J connectivity index is 3.18. The van der Waals surface area contributed by atoms with Gasteiger partial charge in [0.05, 0.1) is 17.3 Å². The fraction of sp³-hybridized carbons (Fsp3) is 0.250. The number of hydrogen-bond donors (Lipinski definition) is 3. The average molecular weight is 269 g/mol. The highest BCUT2D eigenvalue weighted by molar-refractivity contribution is 7.89. The summed E-state index contributed by atoms with van der Waals surface area (Å²) in [6.07, 6.45) is 0. The minimum absolute atomic E-state index is 0.157. The van der Waals surface area contributed by atoms with E-state index in [9.17, 15) is 12.8 Å². The smallest absolute Gasteiger partial charge is 0.242 e. The van der Waals surface area contributed by atoms with Gasteiger partial charge in [0.1, 0.15) is 10.7 Å². The summed E-state index contributed by atoms with van der Waals surface area (Å²) in [6.45, 7) is -0.510. The van der Waals surface area contributed by atoms with Gasteiger partial charge in [-0.15, -0.1) is 0 Å². The van der Waals surface area contributed by atoms with Gasteiger partial charge in [-0.2, -0.15) is 0 Å². The number of rotatable bonds is 4. The normalized spacial score (nSPS) is 11.7. The monoisotopic (exact) mass is 268 g/mol. The minimum atomic E-state index is -3.88. The van der Waals surface area contributed by atoms with Crippen LogP contribution in [-0.4, -0.2) is 26.7 Å². The molecule has 4 N–H and O–H groups in total. The molecular weight excluding hydrogens is 259 g/mol. The molecule has 1 aromatic carbocycles. The van der Waals surface area contributed by atoms with Gasteiger partial charge in [0.15, 0.2) is 0 Å². The van der Waals surface area contributed by atoms with Crippen molar-refractivity contribution in [2.45, 2.75) is 4.90 Å². The summed E-state index contributed by atoms with van der Waals surface area (Å²) in [5.41, 5.74) is 4.93. The van der Waals surface area contributed by atoms with Crippen molar-refractivity contribution in [3.05, 3.63) is 23.0 Å². The number of hydrogen-bond acceptors (Lipinski definition) is 4. The van der Waals surface area contributed by atoms with E-state index in [2.05, 4.69) is 4.72 Å². The molecule has 0 amide bonds. The molecule has 0 aliphatic rings. The zero-order valence-electron chi connectivity index (χ0n) is 8.07. The third kappa shape index (κ3) is 2.82. The van der Waals surface area contributed by atoms with Crippen molar-refractivity contribution < 1.29 is 17.9 Å². The van der Waals surface area contributed by atoms with Crippen LogP contribution in [0.1, 0.15) is 0 Å². The number of anilines is 1. The van der Waals surface area contributed by atoms with Crippen LogP contribution < -0.4 is 10.5 Å². The van der Waals surface area contributed by atoms with Gasteiger partial charge in [-0.05, 0) is 12.1 Å². The molecule has 0 fully saturated rings. The van der Waals surface area contributed by atoms with Gasteiger partial charge in [0.2, 0.25) is 10.0 Å². The molecule has 90 valence electrons. The van der Waals surface area contributed by atoms with Crippen LogP contribution >= 0.6 is 11.6 Å². The number of aliphatic hydroxyl groups excluding tert-OH is 1.